The van der Waals surface area contributed by atoms with Crippen LogP contribution in [0.5, 0.6) is 0 Å². The molecule has 0 radical (unpaired) electrons. The first kappa shape index (κ1) is 13.8. The highest BCUT2D eigenvalue weighted by Gasteiger charge is 2.17. The summed E-state index contributed by atoms with van der Waals surface area (Å²) in [5, 5.41) is 4.25. The molecule has 100 valence electrons. The van der Waals surface area contributed by atoms with E-state index in [-0.39, 0.29) is 0 Å². The maximum Gasteiger partial charge on any atom is 0.0634 e. The molecule has 1 fully saturated rings. The third-order valence-corrected chi connectivity index (χ3v) is 4.38. The molecule has 1 aliphatic carbocycles. The van der Waals surface area contributed by atoms with E-state index in [0.29, 0.717) is 0 Å². The Morgan fingerprint density at radius 1 is 1.33 bits per heavy atom. The van der Waals surface area contributed by atoms with Crippen molar-refractivity contribution in [3.05, 3.63) is 29.0 Å². The monoisotopic (exact) mass is 266 g/mol. The average molecular weight is 267 g/mol. The second-order valence-corrected chi connectivity index (χ2v) is 5.97. The number of pyridine rings is 1. The number of aromatic nitrogens is 1. The Labute approximate surface area is 115 Å². The first-order valence-electron chi connectivity index (χ1n) is 7.05. The van der Waals surface area contributed by atoms with Crippen LogP contribution in [-0.4, -0.2) is 11.5 Å². The standard InChI is InChI=1S/C15H23ClN2/c1-12-2-4-13(5-3-12)6-8-17-10-14-7-9-18-11-15(14)16/h7,9,11-13,17H,2-6,8,10H2,1H3. The van der Waals surface area contributed by atoms with Crippen LogP contribution in [0.25, 0.3) is 0 Å². The smallest absolute Gasteiger partial charge is 0.0634 e. The minimum absolute atomic E-state index is 0.761. The van der Waals surface area contributed by atoms with Gasteiger partial charge in [-0.15, -0.1) is 0 Å². The van der Waals surface area contributed by atoms with Crippen molar-refractivity contribution in [2.75, 3.05) is 6.54 Å². The first-order chi connectivity index (χ1) is 8.75. The van der Waals surface area contributed by atoms with E-state index in [2.05, 4.69) is 17.2 Å². The van der Waals surface area contributed by atoms with Crippen LogP contribution in [0.1, 0.15) is 44.6 Å². The van der Waals surface area contributed by atoms with Crippen LogP contribution in [0.15, 0.2) is 18.5 Å². The lowest BCUT2D eigenvalue weighted by molar-refractivity contribution is 0.275. The van der Waals surface area contributed by atoms with Gasteiger partial charge in [-0.25, -0.2) is 0 Å². The van der Waals surface area contributed by atoms with Gasteiger partial charge in [-0.05, 0) is 36.4 Å². The Bertz CT molecular complexity index is 359. The lowest BCUT2D eigenvalue weighted by Crippen LogP contribution is -2.20. The normalized spacial score (nSPS) is 24.1. The zero-order valence-corrected chi connectivity index (χ0v) is 11.9. The van der Waals surface area contributed by atoms with Crippen LogP contribution in [-0.2, 0) is 6.54 Å². The van der Waals surface area contributed by atoms with E-state index in [4.69, 9.17) is 11.6 Å². The molecule has 0 spiro atoms. The minimum atomic E-state index is 0.761. The summed E-state index contributed by atoms with van der Waals surface area (Å²) < 4.78 is 0. The number of nitrogens with zero attached hydrogens (tertiary/aromatic N) is 1. The minimum Gasteiger partial charge on any atom is -0.313 e. The molecular weight excluding hydrogens is 244 g/mol. The van der Waals surface area contributed by atoms with Crippen molar-refractivity contribution >= 4 is 11.6 Å². The van der Waals surface area contributed by atoms with Crippen molar-refractivity contribution in [3.63, 3.8) is 0 Å². The lowest BCUT2D eigenvalue weighted by Gasteiger charge is -2.26. The Morgan fingerprint density at radius 2 is 2.11 bits per heavy atom. The maximum atomic E-state index is 6.07. The van der Waals surface area contributed by atoms with E-state index in [9.17, 15) is 0 Å². The molecule has 0 aliphatic heterocycles. The fourth-order valence-corrected chi connectivity index (χ4v) is 2.88. The molecule has 3 heteroatoms. The molecular formula is C15H23ClN2. The summed E-state index contributed by atoms with van der Waals surface area (Å²) in [4.78, 5) is 3.99. The molecule has 0 saturated heterocycles. The van der Waals surface area contributed by atoms with Crippen molar-refractivity contribution in [2.45, 2.75) is 45.6 Å². The summed E-state index contributed by atoms with van der Waals surface area (Å²) >= 11 is 6.07. The molecule has 1 saturated carbocycles. The molecule has 18 heavy (non-hydrogen) atoms. The van der Waals surface area contributed by atoms with E-state index >= 15 is 0 Å². The topological polar surface area (TPSA) is 24.9 Å². The fraction of sp³-hybridized carbons (Fsp3) is 0.667. The number of rotatable bonds is 5. The zero-order chi connectivity index (χ0) is 12.8. The van der Waals surface area contributed by atoms with Gasteiger partial charge in [-0.3, -0.25) is 4.98 Å². The van der Waals surface area contributed by atoms with Gasteiger partial charge in [0.05, 0.1) is 5.02 Å². The number of hydrogen-bond donors (Lipinski definition) is 1. The van der Waals surface area contributed by atoms with Crippen LogP contribution in [0.3, 0.4) is 0 Å². The maximum absolute atomic E-state index is 6.07. The van der Waals surface area contributed by atoms with Gasteiger partial charge in [-0.1, -0.05) is 44.2 Å². The molecule has 1 aromatic rings. The van der Waals surface area contributed by atoms with Crippen LogP contribution in [0.2, 0.25) is 5.02 Å². The Morgan fingerprint density at radius 3 is 2.83 bits per heavy atom. The third-order valence-electron chi connectivity index (χ3n) is 4.04. The van der Waals surface area contributed by atoms with Crippen LogP contribution in [0.4, 0.5) is 0 Å². The van der Waals surface area contributed by atoms with E-state index in [1.807, 2.05) is 6.07 Å². The van der Waals surface area contributed by atoms with Crippen molar-refractivity contribution in [2.24, 2.45) is 11.8 Å². The van der Waals surface area contributed by atoms with Crippen LogP contribution >= 0.6 is 11.6 Å². The number of halogens is 1. The predicted octanol–water partition coefficient (Wildman–Crippen LogP) is 4.04. The van der Waals surface area contributed by atoms with Gasteiger partial charge in [0.2, 0.25) is 0 Å². The molecule has 1 heterocycles. The highest BCUT2D eigenvalue weighted by Crippen LogP contribution is 2.29. The van der Waals surface area contributed by atoms with Gasteiger partial charge in [0.15, 0.2) is 0 Å². The van der Waals surface area contributed by atoms with Crippen molar-refractivity contribution in [1.82, 2.24) is 10.3 Å². The SMILES string of the molecule is CC1CCC(CCNCc2ccncc2Cl)CC1. The molecule has 0 amide bonds. The summed E-state index contributed by atoms with van der Waals surface area (Å²) in [7, 11) is 0. The van der Waals surface area contributed by atoms with E-state index < -0.39 is 0 Å². The van der Waals surface area contributed by atoms with Gasteiger partial charge in [0.25, 0.3) is 0 Å². The van der Waals surface area contributed by atoms with Gasteiger partial charge in [0, 0.05) is 18.9 Å². The summed E-state index contributed by atoms with van der Waals surface area (Å²) in [6, 6.07) is 1.98. The second-order valence-electron chi connectivity index (χ2n) is 5.56. The molecule has 1 aliphatic rings. The predicted molar refractivity (Wildman–Crippen MR) is 76.7 cm³/mol. The first-order valence-corrected chi connectivity index (χ1v) is 7.42. The second kappa shape index (κ2) is 7.10. The molecule has 0 bridgehead atoms. The summed E-state index contributed by atoms with van der Waals surface area (Å²) in [5.41, 5.74) is 1.14. The van der Waals surface area contributed by atoms with Gasteiger partial charge < -0.3 is 5.32 Å². The number of hydrogen-bond acceptors (Lipinski definition) is 2. The lowest BCUT2D eigenvalue weighted by atomic mass is 9.81. The highest BCUT2D eigenvalue weighted by molar-refractivity contribution is 6.31. The third kappa shape index (κ3) is 4.25. The molecule has 2 rings (SSSR count). The largest absolute Gasteiger partial charge is 0.313 e. The molecule has 2 nitrogen and oxygen atoms in total. The Kier molecular flexibility index (Phi) is 5.45. The van der Waals surface area contributed by atoms with E-state index in [0.717, 1.165) is 35.5 Å². The van der Waals surface area contributed by atoms with E-state index in [1.54, 1.807) is 12.4 Å². The van der Waals surface area contributed by atoms with Crippen LogP contribution < -0.4 is 5.32 Å². The van der Waals surface area contributed by atoms with E-state index in [1.165, 1.54) is 32.1 Å². The fourth-order valence-electron chi connectivity index (χ4n) is 2.69. The van der Waals surface area contributed by atoms with Crippen molar-refractivity contribution in [1.29, 1.82) is 0 Å². The molecule has 0 aromatic carbocycles. The van der Waals surface area contributed by atoms with Gasteiger partial charge >= 0.3 is 0 Å². The Hall–Kier alpha value is -0.600. The van der Waals surface area contributed by atoms with Gasteiger partial charge in [-0.2, -0.15) is 0 Å². The molecule has 1 N–H and O–H groups in total. The quantitative estimate of drug-likeness (QED) is 0.814. The Balaban J connectivity index is 1.63. The van der Waals surface area contributed by atoms with Crippen molar-refractivity contribution < 1.29 is 0 Å². The number of nitrogens with one attached hydrogen (secondary N) is 1. The molecule has 1 aromatic heterocycles. The molecule has 0 unspecified atom stereocenters. The van der Waals surface area contributed by atoms with Crippen molar-refractivity contribution in [3.8, 4) is 0 Å². The highest BCUT2D eigenvalue weighted by atomic mass is 35.5. The van der Waals surface area contributed by atoms with Crippen LogP contribution in [0, 0.1) is 11.8 Å². The average Bonchev–Trinajstić information content (AvgIpc) is 2.39. The summed E-state index contributed by atoms with van der Waals surface area (Å²) in [5.74, 6) is 1.88. The van der Waals surface area contributed by atoms with Gasteiger partial charge in [0.1, 0.15) is 0 Å². The molecule has 0 atom stereocenters. The zero-order valence-electron chi connectivity index (χ0n) is 11.2. The summed E-state index contributed by atoms with van der Waals surface area (Å²) in [6.45, 7) is 4.32. The summed E-state index contributed by atoms with van der Waals surface area (Å²) in [6.07, 6.45) is 10.5.